The van der Waals surface area contributed by atoms with Crippen molar-refractivity contribution in [1.82, 2.24) is 10.2 Å². The molecule has 0 saturated carbocycles. The Balaban J connectivity index is 2.31. The predicted molar refractivity (Wildman–Crippen MR) is 66.4 cm³/mol. The van der Waals surface area contributed by atoms with Gasteiger partial charge in [-0.25, -0.2) is 8.78 Å². The third-order valence-corrected chi connectivity index (χ3v) is 2.25. The Bertz CT molecular complexity index is 410. The first-order valence-corrected chi connectivity index (χ1v) is 5.59. The molecular weight excluding hydrogens is 240 g/mol. The maximum absolute atomic E-state index is 12.9. The van der Waals surface area contributed by atoms with Crippen LogP contribution in [0.25, 0.3) is 0 Å². The lowest BCUT2D eigenvalue weighted by Crippen LogP contribution is -2.35. The summed E-state index contributed by atoms with van der Waals surface area (Å²) in [5.41, 5.74) is 0.372. The third-order valence-electron chi connectivity index (χ3n) is 2.25. The van der Waals surface area contributed by atoms with Crippen LogP contribution < -0.4 is 10.6 Å². The monoisotopic (exact) mass is 257 g/mol. The van der Waals surface area contributed by atoms with Crippen LogP contribution in [0.15, 0.2) is 18.2 Å². The van der Waals surface area contributed by atoms with Crippen LogP contribution >= 0.6 is 0 Å². The highest BCUT2D eigenvalue weighted by atomic mass is 19.2. The summed E-state index contributed by atoms with van der Waals surface area (Å²) in [4.78, 5) is 13.3. The number of rotatable bonds is 6. The van der Waals surface area contributed by atoms with Crippen LogP contribution in [0.2, 0.25) is 0 Å². The molecule has 0 aliphatic carbocycles. The maximum atomic E-state index is 12.9. The van der Waals surface area contributed by atoms with E-state index in [1.807, 2.05) is 19.0 Å². The minimum atomic E-state index is -0.937. The van der Waals surface area contributed by atoms with Gasteiger partial charge in [-0.2, -0.15) is 0 Å². The number of hydrogen-bond acceptors (Lipinski definition) is 3. The van der Waals surface area contributed by atoms with Gasteiger partial charge in [0.1, 0.15) is 0 Å². The van der Waals surface area contributed by atoms with Crippen molar-refractivity contribution < 1.29 is 13.6 Å². The summed E-state index contributed by atoms with van der Waals surface area (Å²) in [5.74, 6) is -2.04. The summed E-state index contributed by atoms with van der Waals surface area (Å²) in [7, 11) is 3.82. The maximum Gasteiger partial charge on any atom is 0.239 e. The fourth-order valence-electron chi connectivity index (χ4n) is 1.27. The molecule has 0 unspecified atom stereocenters. The van der Waals surface area contributed by atoms with Crippen LogP contribution in [0.1, 0.15) is 0 Å². The molecule has 2 N–H and O–H groups in total. The Hall–Kier alpha value is -1.69. The van der Waals surface area contributed by atoms with Crippen LogP contribution in [0.5, 0.6) is 0 Å². The summed E-state index contributed by atoms with van der Waals surface area (Å²) in [6.45, 7) is 1.32. The van der Waals surface area contributed by atoms with E-state index in [0.717, 1.165) is 18.7 Å². The molecule has 0 heterocycles. The molecule has 0 radical (unpaired) electrons. The Kier molecular flexibility index (Phi) is 5.51. The first-order chi connectivity index (χ1) is 8.49. The molecule has 4 nitrogen and oxygen atoms in total. The van der Waals surface area contributed by atoms with Gasteiger partial charge in [0, 0.05) is 24.8 Å². The molecule has 1 aromatic carbocycles. The second kappa shape index (κ2) is 6.90. The van der Waals surface area contributed by atoms with Crippen molar-refractivity contribution in [2.24, 2.45) is 0 Å². The lowest BCUT2D eigenvalue weighted by molar-refractivity contribution is -0.119. The van der Waals surface area contributed by atoms with Crippen LogP contribution in [-0.4, -0.2) is 44.5 Å². The zero-order chi connectivity index (χ0) is 13.5. The Morgan fingerprint density at radius 2 is 2.00 bits per heavy atom. The first kappa shape index (κ1) is 14.4. The van der Waals surface area contributed by atoms with Gasteiger partial charge in [0.2, 0.25) is 5.91 Å². The van der Waals surface area contributed by atoms with Crippen LogP contribution in [0.3, 0.4) is 0 Å². The molecule has 6 heteroatoms. The lowest BCUT2D eigenvalue weighted by Gasteiger charge is -2.11. The summed E-state index contributed by atoms with van der Waals surface area (Å²) in [6.07, 6.45) is 0. The SMILES string of the molecule is CN(C)CCNC(=O)CNc1ccc(F)c(F)c1. The van der Waals surface area contributed by atoms with Crippen molar-refractivity contribution in [1.29, 1.82) is 0 Å². The van der Waals surface area contributed by atoms with Gasteiger partial charge in [-0.15, -0.1) is 0 Å². The number of carbonyl (C=O) groups excluding carboxylic acids is 1. The summed E-state index contributed by atoms with van der Waals surface area (Å²) < 4.78 is 25.5. The van der Waals surface area contributed by atoms with Crippen LogP contribution in [-0.2, 0) is 4.79 Å². The third kappa shape index (κ3) is 5.09. The molecule has 0 saturated heterocycles. The average Bonchev–Trinajstić information content (AvgIpc) is 2.30. The van der Waals surface area contributed by atoms with Gasteiger partial charge in [-0.3, -0.25) is 4.79 Å². The number of benzene rings is 1. The highest BCUT2D eigenvalue weighted by Crippen LogP contribution is 2.12. The van der Waals surface area contributed by atoms with E-state index < -0.39 is 11.6 Å². The number of anilines is 1. The first-order valence-electron chi connectivity index (χ1n) is 5.59. The molecule has 0 aliphatic heterocycles. The van der Waals surface area contributed by atoms with E-state index in [1.54, 1.807) is 0 Å². The van der Waals surface area contributed by atoms with Crippen LogP contribution in [0, 0.1) is 11.6 Å². The molecule has 1 rings (SSSR count). The second-order valence-corrected chi connectivity index (χ2v) is 4.14. The minimum absolute atomic E-state index is 0.0263. The zero-order valence-corrected chi connectivity index (χ0v) is 10.5. The molecule has 0 fully saturated rings. The lowest BCUT2D eigenvalue weighted by atomic mass is 10.3. The average molecular weight is 257 g/mol. The summed E-state index contributed by atoms with van der Waals surface area (Å²) in [5, 5.41) is 5.42. The van der Waals surface area contributed by atoms with E-state index in [-0.39, 0.29) is 12.5 Å². The Morgan fingerprint density at radius 1 is 1.28 bits per heavy atom. The highest BCUT2D eigenvalue weighted by molar-refractivity contribution is 5.80. The molecule has 0 spiro atoms. The van der Waals surface area contributed by atoms with Crippen molar-refractivity contribution in [2.75, 3.05) is 39.0 Å². The number of nitrogens with one attached hydrogen (secondary N) is 2. The van der Waals surface area contributed by atoms with Gasteiger partial charge in [0.05, 0.1) is 6.54 Å². The quantitative estimate of drug-likeness (QED) is 0.801. The molecule has 0 aliphatic rings. The fraction of sp³-hybridized carbons (Fsp3) is 0.417. The van der Waals surface area contributed by atoms with Gasteiger partial charge in [0.15, 0.2) is 11.6 Å². The van der Waals surface area contributed by atoms with Gasteiger partial charge in [-0.05, 0) is 26.2 Å². The predicted octanol–water partition coefficient (Wildman–Crippen LogP) is 1.05. The smallest absolute Gasteiger partial charge is 0.239 e. The van der Waals surface area contributed by atoms with Crippen molar-refractivity contribution in [3.8, 4) is 0 Å². The van der Waals surface area contributed by atoms with Gasteiger partial charge in [-0.1, -0.05) is 0 Å². The van der Waals surface area contributed by atoms with Crippen LogP contribution in [0.4, 0.5) is 14.5 Å². The van der Waals surface area contributed by atoms with E-state index in [2.05, 4.69) is 10.6 Å². The van der Waals surface area contributed by atoms with E-state index in [0.29, 0.717) is 12.2 Å². The number of carbonyl (C=O) groups is 1. The molecule has 1 amide bonds. The normalized spacial score (nSPS) is 10.5. The number of likely N-dealkylation sites (N-methyl/N-ethyl adjacent to an activating group) is 1. The molecule has 100 valence electrons. The molecule has 0 aromatic heterocycles. The fourth-order valence-corrected chi connectivity index (χ4v) is 1.27. The number of nitrogens with zero attached hydrogens (tertiary/aromatic N) is 1. The Labute approximate surface area is 105 Å². The largest absolute Gasteiger partial charge is 0.376 e. The van der Waals surface area contributed by atoms with E-state index in [9.17, 15) is 13.6 Å². The van der Waals surface area contributed by atoms with Crippen molar-refractivity contribution >= 4 is 11.6 Å². The van der Waals surface area contributed by atoms with Crippen molar-refractivity contribution in [3.63, 3.8) is 0 Å². The molecule has 18 heavy (non-hydrogen) atoms. The number of halogens is 2. The molecule has 1 aromatic rings. The van der Waals surface area contributed by atoms with Gasteiger partial charge >= 0.3 is 0 Å². The molecule has 0 atom stereocenters. The topological polar surface area (TPSA) is 44.4 Å². The van der Waals surface area contributed by atoms with E-state index in [4.69, 9.17) is 0 Å². The van der Waals surface area contributed by atoms with E-state index >= 15 is 0 Å². The second-order valence-electron chi connectivity index (χ2n) is 4.14. The number of amides is 1. The molecule has 0 bridgehead atoms. The van der Waals surface area contributed by atoms with E-state index in [1.165, 1.54) is 6.07 Å². The highest BCUT2D eigenvalue weighted by Gasteiger charge is 2.04. The zero-order valence-electron chi connectivity index (χ0n) is 10.5. The number of hydrogen-bond donors (Lipinski definition) is 2. The molecular formula is C12H17F2N3O. The van der Waals surface area contributed by atoms with Crippen molar-refractivity contribution in [3.05, 3.63) is 29.8 Å². The van der Waals surface area contributed by atoms with Crippen molar-refractivity contribution in [2.45, 2.75) is 0 Å². The standard InChI is InChI=1S/C12H17F2N3O/c1-17(2)6-5-15-12(18)8-16-9-3-4-10(13)11(14)7-9/h3-4,7,16H,5-6,8H2,1-2H3,(H,15,18). The Morgan fingerprint density at radius 3 is 2.61 bits per heavy atom. The van der Waals surface area contributed by atoms with Gasteiger partial charge < -0.3 is 15.5 Å². The van der Waals surface area contributed by atoms with Gasteiger partial charge in [0.25, 0.3) is 0 Å². The summed E-state index contributed by atoms with van der Waals surface area (Å²) in [6, 6.07) is 3.41. The minimum Gasteiger partial charge on any atom is -0.376 e. The summed E-state index contributed by atoms with van der Waals surface area (Å²) >= 11 is 0.